The molecular formula is C8H15N5O4S. The van der Waals surface area contributed by atoms with Gasteiger partial charge in [-0.2, -0.15) is 0 Å². The van der Waals surface area contributed by atoms with Gasteiger partial charge in [-0.15, -0.1) is 0 Å². The molecule has 1 heterocycles. The lowest BCUT2D eigenvalue weighted by atomic mass is 10.4. The number of nitrogens with zero attached hydrogens (tertiary/aromatic N) is 1. The van der Waals surface area contributed by atoms with Crippen molar-refractivity contribution in [3.8, 4) is 0 Å². The van der Waals surface area contributed by atoms with Crippen molar-refractivity contribution in [3.05, 3.63) is 20.8 Å². The van der Waals surface area contributed by atoms with Crippen molar-refractivity contribution >= 4 is 21.5 Å². The molecule has 5 N–H and O–H groups in total. The summed E-state index contributed by atoms with van der Waals surface area (Å²) >= 11 is 0. The molecule has 0 spiro atoms. The molecular weight excluding hydrogens is 262 g/mol. The molecule has 0 amide bonds. The van der Waals surface area contributed by atoms with Crippen LogP contribution in [0.4, 0.5) is 11.5 Å². The molecule has 0 saturated carbocycles. The van der Waals surface area contributed by atoms with Gasteiger partial charge >= 0.3 is 5.69 Å². The highest BCUT2D eigenvalue weighted by Gasteiger charge is 2.11. The largest absolute Gasteiger partial charge is 0.383 e. The fourth-order valence-corrected chi connectivity index (χ4v) is 1.80. The van der Waals surface area contributed by atoms with Crippen LogP contribution in [0.2, 0.25) is 0 Å². The number of nitrogen functional groups attached to an aromatic ring is 1. The van der Waals surface area contributed by atoms with Crippen molar-refractivity contribution < 1.29 is 8.42 Å². The van der Waals surface area contributed by atoms with Crippen molar-refractivity contribution in [3.63, 3.8) is 0 Å². The molecule has 1 aromatic heterocycles. The van der Waals surface area contributed by atoms with Crippen LogP contribution in [-0.4, -0.2) is 37.3 Å². The number of hydrogen-bond acceptors (Lipinski definition) is 6. The second-order valence-corrected chi connectivity index (χ2v) is 5.57. The van der Waals surface area contributed by atoms with Crippen LogP contribution in [0.15, 0.2) is 9.59 Å². The highest BCUT2D eigenvalue weighted by molar-refractivity contribution is 7.89. The molecule has 1 aromatic rings. The van der Waals surface area contributed by atoms with E-state index in [-0.39, 0.29) is 23.8 Å². The van der Waals surface area contributed by atoms with Crippen LogP contribution in [0, 0.1) is 0 Å². The fourth-order valence-electron chi connectivity index (χ4n) is 1.22. The zero-order valence-corrected chi connectivity index (χ0v) is 10.8. The molecule has 0 aliphatic heterocycles. The Bertz CT molecular complexity index is 644. The summed E-state index contributed by atoms with van der Waals surface area (Å²) in [5.41, 5.74) is 4.24. The minimum Gasteiger partial charge on any atom is -0.383 e. The maximum Gasteiger partial charge on any atom is 0.329 e. The summed E-state index contributed by atoms with van der Waals surface area (Å²) in [6.07, 6.45) is 0. The predicted molar refractivity (Wildman–Crippen MR) is 68.1 cm³/mol. The van der Waals surface area contributed by atoms with E-state index in [2.05, 4.69) is 15.0 Å². The highest BCUT2D eigenvalue weighted by Crippen LogP contribution is 2.07. The molecule has 0 atom stereocenters. The molecule has 0 aliphatic rings. The van der Waals surface area contributed by atoms with Crippen molar-refractivity contribution in [1.29, 1.82) is 0 Å². The third kappa shape index (κ3) is 3.11. The zero-order chi connectivity index (χ0) is 13.9. The number of rotatable bonds is 5. The van der Waals surface area contributed by atoms with E-state index in [0.717, 1.165) is 4.57 Å². The molecule has 102 valence electrons. The van der Waals surface area contributed by atoms with Crippen LogP contribution >= 0.6 is 0 Å². The van der Waals surface area contributed by atoms with E-state index in [1.54, 1.807) is 0 Å². The number of anilines is 2. The second kappa shape index (κ2) is 5.23. The molecule has 0 radical (unpaired) electrons. The second-order valence-electron chi connectivity index (χ2n) is 3.53. The molecule has 18 heavy (non-hydrogen) atoms. The fraction of sp³-hybridized carbons (Fsp3) is 0.500. The van der Waals surface area contributed by atoms with Crippen molar-refractivity contribution in [2.45, 2.75) is 0 Å². The summed E-state index contributed by atoms with van der Waals surface area (Å²) < 4.78 is 25.5. The van der Waals surface area contributed by atoms with Gasteiger partial charge in [0.25, 0.3) is 5.56 Å². The van der Waals surface area contributed by atoms with E-state index < -0.39 is 21.3 Å². The van der Waals surface area contributed by atoms with E-state index in [1.807, 2.05) is 0 Å². The molecule has 9 nitrogen and oxygen atoms in total. The quantitative estimate of drug-likeness (QED) is 0.474. The number of hydrogen-bond donors (Lipinski definition) is 4. The van der Waals surface area contributed by atoms with Gasteiger partial charge in [-0.1, -0.05) is 0 Å². The van der Waals surface area contributed by atoms with Gasteiger partial charge < -0.3 is 11.1 Å². The SMILES string of the molecule is CNS(=O)(=O)CCNc1c(N)n(C)c(=O)[nH]c1=O. The lowest BCUT2D eigenvalue weighted by Crippen LogP contribution is -2.34. The standard InChI is InChI=1S/C8H15N5O4S/c1-10-18(16,17)4-3-11-5-6(9)13(2)8(15)12-7(5)14/h10-11H,3-4,9H2,1-2H3,(H,12,14,15). The van der Waals surface area contributed by atoms with Gasteiger partial charge in [0.05, 0.1) is 5.75 Å². The Morgan fingerprint density at radius 2 is 2.00 bits per heavy atom. The van der Waals surface area contributed by atoms with Crippen LogP contribution in [0.3, 0.4) is 0 Å². The maximum absolute atomic E-state index is 11.5. The molecule has 0 aliphatic carbocycles. The van der Waals surface area contributed by atoms with Crippen molar-refractivity contribution in [2.24, 2.45) is 7.05 Å². The third-order valence-corrected chi connectivity index (χ3v) is 3.72. The number of aromatic amines is 1. The van der Waals surface area contributed by atoms with Crippen LogP contribution in [-0.2, 0) is 17.1 Å². The first-order valence-corrected chi connectivity index (χ1v) is 6.67. The minimum atomic E-state index is -3.37. The minimum absolute atomic E-state index is 0.00530. The van der Waals surface area contributed by atoms with Crippen LogP contribution < -0.4 is 27.0 Å². The van der Waals surface area contributed by atoms with E-state index >= 15 is 0 Å². The summed E-state index contributed by atoms with van der Waals surface area (Å²) in [7, 11) is -0.681. The summed E-state index contributed by atoms with van der Waals surface area (Å²) in [4.78, 5) is 24.7. The smallest absolute Gasteiger partial charge is 0.329 e. The van der Waals surface area contributed by atoms with Gasteiger partial charge in [0, 0.05) is 13.6 Å². The average Bonchev–Trinajstić information content (AvgIpc) is 2.31. The third-order valence-electron chi connectivity index (χ3n) is 2.35. The number of aromatic nitrogens is 2. The normalized spacial score (nSPS) is 11.4. The summed E-state index contributed by atoms with van der Waals surface area (Å²) in [5, 5.41) is 2.59. The van der Waals surface area contributed by atoms with E-state index in [9.17, 15) is 18.0 Å². The zero-order valence-electron chi connectivity index (χ0n) is 9.98. The molecule has 1 rings (SSSR count). The Hall–Kier alpha value is -1.81. The number of sulfonamides is 1. The average molecular weight is 277 g/mol. The molecule has 0 unspecified atom stereocenters. The van der Waals surface area contributed by atoms with Gasteiger partial charge in [0.2, 0.25) is 10.0 Å². The summed E-state index contributed by atoms with van der Waals surface area (Å²) in [5.74, 6) is -0.267. The Morgan fingerprint density at radius 3 is 2.56 bits per heavy atom. The maximum atomic E-state index is 11.5. The van der Waals surface area contributed by atoms with Gasteiger partial charge in [-0.25, -0.2) is 17.9 Å². The van der Waals surface area contributed by atoms with Gasteiger partial charge in [-0.3, -0.25) is 14.3 Å². The molecule has 0 fully saturated rings. The monoisotopic (exact) mass is 277 g/mol. The van der Waals surface area contributed by atoms with Crippen LogP contribution in [0.25, 0.3) is 0 Å². The van der Waals surface area contributed by atoms with Crippen LogP contribution in [0.1, 0.15) is 0 Å². The Kier molecular flexibility index (Phi) is 4.14. The first-order valence-electron chi connectivity index (χ1n) is 5.02. The molecule has 0 aromatic carbocycles. The Morgan fingerprint density at radius 1 is 1.39 bits per heavy atom. The highest BCUT2D eigenvalue weighted by atomic mass is 32.2. The van der Waals surface area contributed by atoms with E-state index in [4.69, 9.17) is 5.73 Å². The molecule has 0 saturated heterocycles. The van der Waals surface area contributed by atoms with Crippen molar-refractivity contribution in [1.82, 2.24) is 14.3 Å². The van der Waals surface area contributed by atoms with E-state index in [0.29, 0.717) is 0 Å². The molecule has 10 heteroatoms. The first-order chi connectivity index (χ1) is 8.28. The van der Waals surface area contributed by atoms with Gasteiger partial charge in [0.1, 0.15) is 11.5 Å². The Balaban J connectivity index is 2.91. The van der Waals surface area contributed by atoms with E-state index in [1.165, 1.54) is 14.1 Å². The Labute approximate surface area is 103 Å². The lowest BCUT2D eigenvalue weighted by molar-refractivity contribution is 0.588. The summed E-state index contributed by atoms with van der Waals surface area (Å²) in [6.45, 7) is -0.00530. The number of nitrogens with two attached hydrogens (primary N) is 1. The van der Waals surface area contributed by atoms with Crippen molar-refractivity contribution in [2.75, 3.05) is 30.4 Å². The van der Waals surface area contributed by atoms with Gasteiger partial charge in [0.15, 0.2) is 0 Å². The predicted octanol–water partition coefficient (Wildman–Crippen LogP) is -2.38. The van der Waals surface area contributed by atoms with Crippen LogP contribution in [0.5, 0.6) is 0 Å². The first kappa shape index (κ1) is 14.3. The number of H-pyrrole nitrogens is 1. The topological polar surface area (TPSA) is 139 Å². The number of nitrogens with one attached hydrogen (secondary N) is 3. The lowest BCUT2D eigenvalue weighted by Gasteiger charge is -2.10. The molecule has 0 bridgehead atoms. The summed E-state index contributed by atoms with van der Waals surface area (Å²) in [6, 6.07) is 0. The van der Waals surface area contributed by atoms with Gasteiger partial charge in [-0.05, 0) is 7.05 Å².